The number of nitrogens with one attached hydrogen (secondary N) is 1. The smallest absolute Gasteiger partial charge is 0.250 e. The van der Waals surface area contributed by atoms with E-state index in [0.717, 1.165) is 5.56 Å². The Morgan fingerprint density at radius 2 is 2.27 bits per heavy atom. The number of methoxy groups -OCH3 is 1. The summed E-state index contributed by atoms with van der Waals surface area (Å²) < 4.78 is 4.68. The van der Waals surface area contributed by atoms with E-state index in [-0.39, 0.29) is 17.7 Å². The molecule has 1 aromatic rings. The second kappa shape index (κ2) is 5.30. The zero-order valence-electron chi connectivity index (χ0n) is 8.30. The Bertz CT molecular complexity index is 359. The fourth-order valence-electron chi connectivity index (χ4n) is 1.05. The summed E-state index contributed by atoms with van der Waals surface area (Å²) in [4.78, 5) is 15.1. The third-order valence-corrected chi connectivity index (χ3v) is 2.15. The number of nitrogens with zero attached hydrogens (tertiary/aromatic N) is 1. The molecule has 1 rings (SSSR count). The first-order valence-corrected chi connectivity index (χ1v) is 4.91. The van der Waals surface area contributed by atoms with E-state index in [0.29, 0.717) is 10.8 Å². The highest BCUT2D eigenvalue weighted by molar-refractivity contribution is 6.34. The van der Waals surface area contributed by atoms with Gasteiger partial charge in [0.05, 0.1) is 5.69 Å². The molecule has 0 radical (unpaired) electrons. The van der Waals surface area contributed by atoms with Crippen molar-refractivity contribution in [2.45, 2.75) is 6.92 Å². The van der Waals surface area contributed by atoms with Crippen LogP contribution in [0.25, 0.3) is 0 Å². The van der Waals surface area contributed by atoms with Crippen LogP contribution in [-0.2, 0) is 9.53 Å². The van der Waals surface area contributed by atoms with Crippen LogP contribution in [0.15, 0.2) is 6.07 Å². The summed E-state index contributed by atoms with van der Waals surface area (Å²) in [5.41, 5.74) is 1.22. The lowest BCUT2D eigenvalue weighted by molar-refractivity contribution is -0.119. The highest BCUT2D eigenvalue weighted by atomic mass is 35.5. The topological polar surface area (TPSA) is 51.2 Å². The number of aryl methyl sites for hydroxylation is 1. The van der Waals surface area contributed by atoms with E-state index < -0.39 is 0 Å². The third-order valence-electron chi connectivity index (χ3n) is 1.68. The van der Waals surface area contributed by atoms with Crippen LogP contribution < -0.4 is 5.32 Å². The van der Waals surface area contributed by atoms with Gasteiger partial charge in [-0.15, -0.1) is 0 Å². The number of carbonyl (C=O) groups is 1. The maximum Gasteiger partial charge on any atom is 0.250 e. The van der Waals surface area contributed by atoms with Gasteiger partial charge in [-0.3, -0.25) is 4.79 Å². The van der Waals surface area contributed by atoms with Gasteiger partial charge < -0.3 is 10.1 Å². The average Bonchev–Trinajstić information content (AvgIpc) is 2.11. The lowest BCUT2D eigenvalue weighted by Crippen LogP contribution is -2.18. The number of pyridine rings is 1. The van der Waals surface area contributed by atoms with Crippen molar-refractivity contribution in [3.63, 3.8) is 0 Å². The monoisotopic (exact) mass is 248 g/mol. The van der Waals surface area contributed by atoms with Crippen molar-refractivity contribution in [1.29, 1.82) is 0 Å². The van der Waals surface area contributed by atoms with Crippen LogP contribution in [0.1, 0.15) is 5.56 Å². The van der Waals surface area contributed by atoms with Gasteiger partial charge in [0.2, 0.25) is 5.91 Å². The number of hydrogen-bond donors (Lipinski definition) is 1. The summed E-state index contributed by atoms with van der Waals surface area (Å²) >= 11 is 11.5. The Morgan fingerprint density at radius 3 is 2.80 bits per heavy atom. The van der Waals surface area contributed by atoms with Crippen molar-refractivity contribution < 1.29 is 9.53 Å². The van der Waals surface area contributed by atoms with E-state index >= 15 is 0 Å². The molecular formula is C9H10Cl2N2O2. The van der Waals surface area contributed by atoms with Gasteiger partial charge in [0, 0.05) is 7.11 Å². The second-order valence-corrected chi connectivity index (χ2v) is 3.65. The average molecular weight is 249 g/mol. The highest BCUT2D eigenvalue weighted by Crippen LogP contribution is 2.26. The molecule has 0 saturated carbocycles. The Morgan fingerprint density at radius 1 is 1.60 bits per heavy atom. The Kier molecular flexibility index (Phi) is 4.32. The van der Waals surface area contributed by atoms with Crippen LogP contribution in [0.3, 0.4) is 0 Å². The van der Waals surface area contributed by atoms with E-state index in [1.807, 2.05) is 0 Å². The Labute approximate surface area is 97.5 Å². The van der Waals surface area contributed by atoms with E-state index in [9.17, 15) is 4.79 Å². The minimum Gasteiger partial charge on any atom is -0.375 e. The third kappa shape index (κ3) is 3.34. The van der Waals surface area contributed by atoms with Crippen molar-refractivity contribution >= 4 is 34.8 Å². The number of halogens is 2. The van der Waals surface area contributed by atoms with Crippen LogP contribution >= 0.6 is 23.2 Å². The molecule has 0 aromatic carbocycles. The van der Waals surface area contributed by atoms with Gasteiger partial charge in [-0.25, -0.2) is 4.98 Å². The molecule has 0 bridgehead atoms. The standard InChI is InChI=1S/C9H10Cl2N2O2/c1-5-3-6(10)12-9(11)8(5)13-7(14)4-15-2/h3H,4H2,1-2H3,(H,13,14). The number of aromatic nitrogens is 1. The predicted octanol–water partition coefficient (Wildman–Crippen LogP) is 2.28. The molecule has 1 aromatic heterocycles. The first-order chi connectivity index (χ1) is 7.04. The number of anilines is 1. The maximum absolute atomic E-state index is 11.2. The maximum atomic E-state index is 11.2. The molecular weight excluding hydrogens is 239 g/mol. The molecule has 0 aliphatic rings. The molecule has 0 unspecified atom stereocenters. The van der Waals surface area contributed by atoms with Crippen LogP contribution in [0.2, 0.25) is 10.3 Å². The normalized spacial score (nSPS) is 10.1. The van der Waals surface area contributed by atoms with Gasteiger partial charge in [0.25, 0.3) is 0 Å². The van der Waals surface area contributed by atoms with E-state index in [2.05, 4.69) is 15.0 Å². The van der Waals surface area contributed by atoms with Crippen molar-refractivity contribution in [2.24, 2.45) is 0 Å². The lowest BCUT2D eigenvalue weighted by atomic mass is 10.2. The second-order valence-electron chi connectivity index (χ2n) is 2.91. The minimum atomic E-state index is -0.286. The van der Waals surface area contributed by atoms with Crippen molar-refractivity contribution in [3.8, 4) is 0 Å². The highest BCUT2D eigenvalue weighted by Gasteiger charge is 2.10. The van der Waals surface area contributed by atoms with Gasteiger partial charge in [-0.1, -0.05) is 23.2 Å². The molecule has 4 nitrogen and oxygen atoms in total. The quantitative estimate of drug-likeness (QED) is 0.836. The SMILES string of the molecule is COCC(=O)Nc1c(C)cc(Cl)nc1Cl. The van der Waals surface area contributed by atoms with Gasteiger partial charge in [-0.05, 0) is 18.6 Å². The summed E-state index contributed by atoms with van der Waals surface area (Å²) in [6.07, 6.45) is 0. The Balaban J connectivity index is 2.90. The first kappa shape index (κ1) is 12.2. The molecule has 0 fully saturated rings. The number of amides is 1. The molecule has 0 aliphatic heterocycles. The van der Waals surface area contributed by atoms with Crippen molar-refractivity contribution in [1.82, 2.24) is 4.98 Å². The lowest BCUT2D eigenvalue weighted by Gasteiger charge is -2.09. The number of carbonyl (C=O) groups excluding carboxylic acids is 1. The molecule has 6 heteroatoms. The van der Waals surface area contributed by atoms with Gasteiger partial charge in [-0.2, -0.15) is 0 Å². The molecule has 1 amide bonds. The fourth-order valence-corrected chi connectivity index (χ4v) is 1.63. The van der Waals surface area contributed by atoms with Gasteiger partial charge in [0.1, 0.15) is 11.8 Å². The van der Waals surface area contributed by atoms with Crippen molar-refractivity contribution in [2.75, 3.05) is 19.0 Å². The van der Waals surface area contributed by atoms with Gasteiger partial charge >= 0.3 is 0 Å². The fraction of sp³-hybridized carbons (Fsp3) is 0.333. The minimum absolute atomic E-state index is 0.0294. The largest absolute Gasteiger partial charge is 0.375 e. The summed E-state index contributed by atoms with van der Waals surface area (Å²) in [5, 5.41) is 3.05. The van der Waals surface area contributed by atoms with E-state index in [1.165, 1.54) is 7.11 Å². The summed E-state index contributed by atoms with van der Waals surface area (Å²) in [6.45, 7) is 1.75. The molecule has 0 atom stereocenters. The summed E-state index contributed by atoms with van der Waals surface area (Å²) in [7, 11) is 1.44. The zero-order chi connectivity index (χ0) is 11.4. The van der Waals surface area contributed by atoms with Crippen LogP contribution in [0.5, 0.6) is 0 Å². The Hall–Kier alpha value is -0.840. The van der Waals surface area contributed by atoms with Gasteiger partial charge in [0.15, 0.2) is 5.15 Å². The van der Waals surface area contributed by atoms with E-state index in [1.54, 1.807) is 13.0 Å². The molecule has 0 saturated heterocycles. The molecule has 1 N–H and O–H groups in total. The van der Waals surface area contributed by atoms with Crippen LogP contribution in [0.4, 0.5) is 5.69 Å². The summed E-state index contributed by atoms with van der Waals surface area (Å²) in [6, 6.07) is 1.62. The molecule has 15 heavy (non-hydrogen) atoms. The molecule has 0 spiro atoms. The number of hydrogen-bond acceptors (Lipinski definition) is 3. The molecule has 1 heterocycles. The van der Waals surface area contributed by atoms with Crippen LogP contribution in [0, 0.1) is 6.92 Å². The van der Waals surface area contributed by atoms with Crippen molar-refractivity contribution in [3.05, 3.63) is 21.9 Å². The molecule has 82 valence electrons. The number of rotatable bonds is 3. The zero-order valence-corrected chi connectivity index (χ0v) is 9.82. The summed E-state index contributed by atoms with van der Waals surface area (Å²) in [5.74, 6) is -0.286. The number of ether oxygens (including phenoxy) is 1. The molecule has 0 aliphatic carbocycles. The van der Waals surface area contributed by atoms with E-state index in [4.69, 9.17) is 23.2 Å². The van der Waals surface area contributed by atoms with Crippen LogP contribution in [-0.4, -0.2) is 24.6 Å². The first-order valence-electron chi connectivity index (χ1n) is 4.16. The predicted molar refractivity (Wildman–Crippen MR) is 59.5 cm³/mol.